The monoisotopic (exact) mass is 292 g/mol. The fraction of sp³-hybridized carbons (Fsp3) is 0.467. The van der Waals surface area contributed by atoms with E-state index in [4.69, 9.17) is 5.11 Å². The number of hydrogen-bond donors (Lipinski definition) is 3. The van der Waals surface area contributed by atoms with Crippen molar-refractivity contribution < 1.29 is 19.8 Å². The highest BCUT2D eigenvalue weighted by Crippen LogP contribution is 2.25. The molecule has 0 aromatic heterocycles. The molecule has 6 heteroatoms. The lowest BCUT2D eigenvalue weighted by Crippen LogP contribution is -2.48. The molecule has 2 rings (SSSR count). The molecule has 2 amide bonds. The third-order valence-electron chi connectivity index (χ3n) is 4.11. The number of piperidine rings is 1. The summed E-state index contributed by atoms with van der Waals surface area (Å²) in [5, 5.41) is 21.1. The molecule has 1 fully saturated rings. The van der Waals surface area contributed by atoms with Gasteiger partial charge in [0.25, 0.3) is 0 Å². The van der Waals surface area contributed by atoms with Crippen molar-refractivity contribution in [1.29, 1.82) is 0 Å². The van der Waals surface area contributed by atoms with Crippen molar-refractivity contribution in [3.8, 4) is 5.75 Å². The number of phenols is 1. The van der Waals surface area contributed by atoms with Crippen LogP contribution in [-0.4, -0.2) is 39.7 Å². The van der Waals surface area contributed by atoms with Gasteiger partial charge < -0.3 is 20.4 Å². The SMILES string of the molecule is CC1CCCN(C(=O)Nc2ccc(O)cc2C(=O)O)C1C. The molecule has 0 aliphatic carbocycles. The number of rotatable bonds is 2. The number of carbonyl (C=O) groups excluding carboxylic acids is 1. The molecule has 2 atom stereocenters. The first-order chi connectivity index (χ1) is 9.90. The Morgan fingerprint density at radius 1 is 1.33 bits per heavy atom. The molecular formula is C15H20N2O4. The van der Waals surface area contributed by atoms with Crippen LogP contribution >= 0.6 is 0 Å². The van der Waals surface area contributed by atoms with Crippen molar-refractivity contribution >= 4 is 17.7 Å². The Morgan fingerprint density at radius 3 is 2.71 bits per heavy atom. The highest BCUT2D eigenvalue weighted by molar-refractivity contribution is 6.00. The molecule has 1 saturated heterocycles. The lowest BCUT2D eigenvalue weighted by molar-refractivity contribution is 0.0697. The van der Waals surface area contributed by atoms with Gasteiger partial charge in [0, 0.05) is 12.6 Å². The molecular weight excluding hydrogens is 272 g/mol. The Balaban J connectivity index is 2.18. The van der Waals surface area contributed by atoms with Crippen LogP contribution in [0.25, 0.3) is 0 Å². The first-order valence-electron chi connectivity index (χ1n) is 7.04. The fourth-order valence-corrected chi connectivity index (χ4v) is 2.63. The van der Waals surface area contributed by atoms with E-state index in [1.54, 1.807) is 4.90 Å². The molecule has 114 valence electrons. The number of aromatic hydroxyl groups is 1. The van der Waals surface area contributed by atoms with E-state index in [9.17, 15) is 14.7 Å². The van der Waals surface area contributed by atoms with E-state index in [-0.39, 0.29) is 29.1 Å². The highest BCUT2D eigenvalue weighted by Gasteiger charge is 2.29. The molecule has 21 heavy (non-hydrogen) atoms. The number of phenolic OH excluding ortho intramolecular Hbond substituents is 1. The summed E-state index contributed by atoms with van der Waals surface area (Å²) < 4.78 is 0. The predicted molar refractivity (Wildman–Crippen MR) is 78.7 cm³/mol. The zero-order chi connectivity index (χ0) is 15.6. The number of aromatic carboxylic acids is 1. The number of urea groups is 1. The highest BCUT2D eigenvalue weighted by atomic mass is 16.4. The molecule has 0 saturated carbocycles. The van der Waals surface area contributed by atoms with E-state index in [2.05, 4.69) is 12.2 Å². The largest absolute Gasteiger partial charge is 0.508 e. The van der Waals surface area contributed by atoms with E-state index in [1.807, 2.05) is 6.92 Å². The lowest BCUT2D eigenvalue weighted by Gasteiger charge is -2.37. The number of carboxylic acid groups (broad SMARTS) is 1. The van der Waals surface area contributed by atoms with Gasteiger partial charge in [-0.15, -0.1) is 0 Å². The van der Waals surface area contributed by atoms with Crippen LogP contribution in [0.15, 0.2) is 18.2 Å². The first-order valence-corrected chi connectivity index (χ1v) is 7.04. The van der Waals surface area contributed by atoms with Crippen LogP contribution in [0.5, 0.6) is 5.75 Å². The third-order valence-corrected chi connectivity index (χ3v) is 4.11. The maximum absolute atomic E-state index is 12.3. The van der Waals surface area contributed by atoms with Gasteiger partial charge in [-0.05, 0) is 43.9 Å². The number of benzene rings is 1. The van der Waals surface area contributed by atoms with Crippen molar-refractivity contribution in [3.63, 3.8) is 0 Å². The zero-order valence-electron chi connectivity index (χ0n) is 12.2. The average Bonchev–Trinajstić information content (AvgIpc) is 2.43. The van der Waals surface area contributed by atoms with E-state index in [0.717, 1.165) is 18.9 Å². The lowest BCUT2D eigenvalue weighted by atomic mass is 9.92. The van der Waals surface area contributed by atoms with Gasteiger partial charge in [0.05, 0.1) is 11.3 Å². The van der Waals surface area contributed by atoms with Gasteiger partial charge in [-0.2, -0.15) is 0 Å². The van der Waals surface area contributed by atoms with Crippen LogP contribution in [0.3, 0.4) is 0 Å². The van der Waals surface area contributed by atoms with Crippen LogP contribution in [0.1, 0.15) is 37.0 Å². The minimum absolute atomic E-state index is 0.115. The van der Waals surface area contributed by atoms with Gasteiger partial charge in [-0.1, -0.05) is 6.92 Å². The summed E-state index contributed by atoms with van der Waals surface area (Å²) in [7, 11) is 0. The van der Waals surface area contributed by atoms with Crippen LogP contribution < -0.4 is 5.32 Å². The van der Waals surface area contributed by atoms with Crippen molar-refractivity contribution in [2.75, 3.05) is 11.9 Å². The molecule has 0 bridgehead atoms. The number of carbonyl (C=O) groups is 2. The topological polar surface area (TPSA) is 89.9 Å². The Labute approximate surface area is 123 Å². The Hall–Kier alpha value is -2.24. The Morgan fingerprint density at radius 2 is 2.05 bits per heavy atom. The number of nitrogens with one attached hydrogen (secondary N) is 1. The van der Waals surface area contributed by atoms with E-state index < -0.39 is 5.97 Å². The maximum Gasteiger partial charge on any atom is 0.337 e. The second kappa shape index (κ2) is 6.03. The number of likely N-dealkylation sites (tertiary alicyclic amines) is 1. The van der Waals surface area contributed by atoms with Gasteiger partial charge in [0.1, 0.15) is 5.75 Å². The summed E-state index contributed by atoms with van der Waals surface area (Å²) >= 11 is 0. The van der Waals surface area contributed by atoms with Gasteiger partial charge in [0.2, 0.25) is 0 Å². The number of carboxylic acids is 1. The molecule has 2 unspecified atom stereocenters. The first kappa shape index (κ1) is 15.2. The van der Waals surface area contributed by atoms with Gasteiger partial charge in [-0.3, -0.25) is 0 Å². The van der Waals surface area contributed by atoms with Crippen LogP contribution in [0, 0.1) is 5.92 Å². The summed E-state index contributed by atoms with van der Waals surface area (Å²) in [6.45, 7) is 4.77. The molecule has 1 aromatic carbocycles. The summed E-state index contributed by atoms with van der Waals surface area (Å²) in [5.41, 5.74) is 0.0665. The molecule has 0 spiro atoms. The van der Waals surface area contributed by atoms with Gasteiger partial charge >= 0.3 is 12.0 Å². The smallest absolute Gasteiger partial charge is 0.337 e. The van der Waals surface area contributed by atoms with Crippen molar-refractivity contribution in [1.82, 2.24) is 4.90 Å². The predicted octanol–water partition coefficient (Wildman–Crippen LogP) is 2.74. The molecule has 6 nitrogen and oxygen atoms in total. The fourth-order valence-electron chi connectivity index (χ4n) is 2.63. The van der Waals surface area contributed by atoms with Crippen molar-refractivity contribution in [2.45, 2.75) is 32.7 Å². The normalized spacial score (nSPS) is 21.9. The molecule has 1 aromatic rings. The minimum atomic E-state index is -1.19. The zero-order valence-corrected chi connectivity index (χ0v) is 12.2. The molecule has 0 radical (unpaired) electrons. The second-order valence-corrected chi connectivity index (χ2v) is 5.52. The molecule has 1 aliphatic rings. The maximum atomic E-state index is 12.3. The Bertz CT molecular complexity index is 559. The van der Waals surface area contributed by atoms with E-state index >= 15 is 0 Å². The molecule has 1 aliphatic heterocycles. The average molecular weight is 292 g/mol. The number of anilines is 1. The van der Waals surface area contributed by atoms with Crippen LogP contribution in [0.2, 0.25) is 0 Å². The molecule has 1 heterocycles. The van der Waals surface area contributed by atoms with Crippen molar-refractivity contribution in [2.24, 2.45) is 5.92 Å². The van der Waals surface area contributed by atoms with Gasteiger partial charge in [-0.25, -0.2) is 9.59 Å². The van der Waals surface area contributed by atoms with Crippen LogP contribution in [0.4, 0.5) is 10.5 Å². The summed E-state index contributed by atoms with van der Waals surface area (Å²) in [5.74, 6) is -0.921. The quantitative estimate of drug-likeness (QED) is 0.731. The summed E-state index contributed by atoms with van der Waals surface area (Å²) in [6, 6.07) is 3.69. The number of amides is 2. The second-order valence-electron chi connectivity index (χ2n) is 5.52. The number of hydrogen-bond acceptors (Lipinski definition) is 3. The number of nitrogens with zero attached hydrogens (tertiary/aromatic N) is 1. The van der Waals surface area contributed by atoms with E-state index in [1.165, 1.54) is 12.1 Å². The standard InChI is InChI=1S/C15H20N2O4/c1-9-4-3-7-17(10(9)2)15(21)16-13-6-5-11(18)8-12(13)14(19)20/h5-6,8-10,18H,3-4,7H2,1-2H3,(H,16,21)(H,19,20). The minimum Gasteiger partial charge on any atom is -0.508 e. The summed E-state index contributed by atoms with van der Waals surface area (Å²) in [4.78, 5) is 25.2. The molecule has 3 N–H and O–H groups in total. The van der Waals surface area contributed by atoms with E-state index in [0.29, 0.717) is 12.5 Å². The summed E-state index contributed by atoms with van der Waals surface area (Å²) in [6.07, 6.45) is 2.03. The Kier molecular flexibility index (Phi) is 4.35. The van der Waals surface area contributed by atoms with Gasteiger partial charge in [0.15, 0.2) is 0 Å². The van der Waals surface area contributed by atoms with Crippen molar-refractivity contribution in [3.05, 3.63) is 23.8 Å². The third kappa shape index (κ3) is 3.26. The van der Waals surface area contributed by atoms with Crippen LogP contribution in [-0.2, 0) is 0 Å².